The maximum Gasteiger partial charge on any atom is 0.338 e. The molecule has 0 bridgehead atoms. The summed E-state index contributed by atoms with van der Waals surface area (Å²) < 4.78 is 30.4. The largest absolute Gasteiger partial charge is 0.452 e. The number of rotatable bonds is 7. The van der Waals surface area contributed by atoms with Crippen LogP contribution >= 0.6 is 0 Å². The Morgan fingerprint density at radius 2 is 2.03 bits per heavy atom. The minimum atomic E-state index is -3.13. The molecule has 1 fully saturated rings. The van der Waals surface area contributed by atoms with Crippen molar-refractivity contribution in [2.75, 3.05) is 18.1 Å². The number of hydrogen-bond acceptors (Lipinski definition) is 7. The predicted molar refractivity (Wildman–Crippen MR) is 105 cm³/mol. The number of ether oxygens (including phenoxy) is 1. The number of sulfone groups is 1. The van der Waals surface area contributed by atoms with Crippen molar-refractivity contribution in [3.8, 4) is 5.69 Å². The number of nitrogens with zero attached hydrogens (tertiary/aromatic N) is 4. The Bertz CT molecular complexity index is 957. The lowest BCUT2D eigenvalue weighted by Crippen LogP contribution is -2.48. The molecular weight excluding hydrogens is 396 g/mol. The molecule has 2 aromatic rings. The van der Waals surface area contributed by atoms with Gasteiger partial charge in [0.2, 0.25) is 0 Å². The van der Waals surface area contributed by atoms with Gasteiger partial charge in [0.25, 0.3) is 5.91 Å². The number of esters is 1. The Morgan fingerprint density at radius 1 is 1.31 bits per heavy atom. The highest BCUT2D eigenvalue weighted by Crippen LogP contribution is 2.21. The maximum absolute atomic E-state index is 12.7. The van der Waals surface area contributed by atoms with Gasteiger partial charge in [-0.2, -0.15) is 5.10 Å². The molecule has 1 saturated heterocycles. The zero-order valence-electron chi connectivity index (χ0n) is 16.4. The van der Waals surface area contributed by atoms with Gasteiger partial charge in [-0.15, -0.1) is 0 Å². The second-order valence-electron chi connectivity index (χ2n) is 7.08. The molecule has 0 radical (unpaired) electrons. The molecule has 1 amide bonds. The van der Waals surface area contributed by atoms with Gasteiger partial charge < -0.3 is 9.64 Å². The van der Waals surface area contributed by atoms with E-state index in [1.54, 1.807) is 40.2 Å². The summed E-state index contributed by atoms with van der Waals surface area (Å²) in [6, 6.07) is 6.05. The molecule has 1 aliphatic rings. The van der Waals surface area contributed by atoms with E-state index >= 15 is 0 Å². The number of carbonyl (C=O) groups is 2. The lowest BCUT2D eigenvalue weighted by atomic mass is 10.1. The number of benzene rings is 1. The van der Waals surface area contributed by atoms with E-state index in [4.69, 9.17) is 4.74 Å². The third-order valence-electron chi connectivity index (χ3n) is 5.07. The Balaban J connectivity index is 1.62. The van der Waals surface area contributed by atoms with E-state index in [-0.39, 0.29) is 29.5 Å². The van der Waals surface area contributed by atoms with E-state index in [1.807, 2.05) is 13.8 Å². The summed E-state index contributed by atoms with van der Waals surface area (Å²) in [5.74, 6) is -0.961. The van der Waals surface area contributed by atoms with Crippen molar-refractivity contribution in [1.82, 2.24) is 19.7 Å². The lowest BCUT2D eigenvalue weighted by molar-refractivity contribution is -0.138. The molecule has 1 aromatic heterocycles. The van der Waals surface area contributed by atoms with Crippen LogP contribution in [0.1, 0.15) is 37.0 Å². The van der Waals surface area contributed by atoms with E-state index in [9.17, 15) is 18.0 Å². The molecule has 1 aromatic carbocycles. The normalized spacial score (nSPS) is 18.9. The van der Waals surface area contributed by atoms with Gasteiger partial charge in [0.15, 0.2) is 16.4 Å². The molecule has 9 nitrogen and oxygen atoms in total. The quantitative estimate of drug-likeness (QED) is 0.620. The second kappa shape index (κ2) is 8.73. The molecule has 29 heavy (non-hydrogen) atoms. The van der Waals surface area contributed by atoms with Gasteiger partial charge >= 0.3 is 5.97 Å². The molecule has 10 heteroatoms. The molecule has 3 rings (SSSR count). The number of amides is 1. The fourth-order valence-corrected chi connectivity index (χ4v) is 5.09. The van der Waals surface area contributed by atoms with E-state index in [0.29, 0.717) is 18.4 Å². The molecular formula is C19H24N4O5S. The average Bonchev–Trinajstić information content (AvgIpc) is 3.36. The van der Waals surface area contributed by atoms with Gasteiger partial charge in [-0.25, -0.2) is 22.9 Å². The second-order valence-corrected chi connectivity index (χ2v) is 9.31. The van der Waals surface area contributed by atoms with Crippen LogP contribution in [0.3, 0.4) is 0 Å². The van der Waals surface area contributed by atoms with Crippen LogP contribution in [-0.4, -0.2) is 70.2 Å². The van der Waals surface area contributed by atoms with E-state index in [1.165, 1.54) is 6.33 Å². The molecule has 2 heterocycles. The first kappa shape index (κ1) is 21.0. The molecule has 0 unspecified atom stereocenters. The van der Waals surface area contributed by atoms with Gasteiger partial charge in [0.1, 0.15) is 12.7 Å². The van der Waals surface area contributed by atoms with Gasteiger partial charge in [-0.3, -0.25) is 4.79 Å². The highest BCUT2D eigenvalue weighted by atomic mass is 32.2. The Hall–Kier alpha value is -2.75. The molecule has 2 atom stereocenters. The van der Waals surface area contributed by atoms with Crippen molar-refractivity contribution in [2.24, 2.45) is 0 Å². The Kier molecular flexibility index (Phi) is 6.31. The third-order valence-corrected chi connectivity index (χ3v) is 6.82. The predicted octanol–water partition coefficient (Wildman–Crippen LogP) is 1.24. The van der Waals surface area contributed by atoms with Crippen LogP contribution in [-0.2, 0) is 19.4 Å². The summed E-state index contributed by atoms with van der Waals surface area (Å²) in [7, 11) is -3.13. The van der Waals surface area contributed by atoms with Crippen LogP contribution in [0.5, 0.6) is 0 Å². The average molecular weight is 420 g/mol. The number of carbonyl (C=O) groups excluding carboxylic acids is 2. The molecule has 1 aliphatic heterocycles. The molecule has 156 valence electrons. The van der Waals surface area contributed by atoms with Crippen molar-refractivity contribution in [3.63, 3.8) is 0 Å². The zero-order valence-corrected chi connectivity index (χ0v) is 17.2. The standard InChI is InChI=1S/C19H24N4O5S/c1-3-14(2)23(17-8-9-29(26,27)11-17)18(24)10-28-19(25)15-4-6-16(7-5-15)22-13-20-12-21-22/h4-7,12-14,17H,3,8-11H2,1-2H3/t14-,17+/m1/s1. The molecule has 0 saturated carbocycles. The first-order valence-corrected chi connectivity index (χ1v) is 11.3. The van der Waals surface area contributed by atoms with Crippen LogP contribution in [0.15, 0.2) is 36.9 Å². The summed E-state index contributed by atoms with van der Waals surface area (Å²) in [4.78, 5) is 30.5. The number of hydrogen-bond donors (Lipinski definition) is 0. The third kappa shape index (κ3) is 5.00. The highest BCUT2D eigenvalue weighted by Gasteiger charge is 2.36. The summed E-state index contributed by atoms with van der Waals surface area (Å²) in [5.41, 5.74) is 1.04. The summed E-state index contributed by atoms with van der Waals surface area (Å²) in [6.07, 6.45) is 4.04. The van der Waals surface area contributed by atoms with Crippen LogP contribution in [0.4, 0.5) is 0 Å². The van der Waals surface area contributed by atoms with Gasteiger partial charge in [0, 0.05) is 12.1 Å². The highest BCUT2D eigenvalue weighted by molar-refractivity contribution is 7.91. The van der Waals surface area contributed by atoms with Gasteiger partial charge in [-0.1, -0.05) is 6.92 Å². The minimum absolute atomic E-state index is 0.0409. The van der Waals surface area contributed by atoms with Gasteiger partial charge in [-0.05, 0) is 44.0 Å². The van der Waals surface area contributed by atoms with Crippen LogP contribution < -0.4 is 0 Å². The van der Waals surface area contributed by atoms with Crippen molar-refractivity contribution >= 4 is 21.7 Å². The summed E-state index contributed by atoms with van der Waals surface area (Å²) in [5, 5.41) is 4.01. The fourth-order valence-electron chi connectivity index (χ4n) is 3.38. The Labute approximate surface area is 169 Å². The van der Waals surface area contributed by atoms with Crippen LogP contribution in [0.25, 0.3) is 5.69 Å². The topological polar surface area (TPSA) is 111 Å². The number of aromatic nitrogens is 3. The molecule has 0 aliphatic carbocycles. The summed E-state index contributed by atoms with van der Waals surface area (Å²) >= 11 is 0. The van der Waals surface area contributed by atoms with Gasteiger partial charge in [0.05, 0.1) is 22.8 Å². The lowest BCUT2D eigenvalue weighted by Gasteiger charge is -2.33. The van der Waals surface area contributed by atoms with Crippen molar-refractivity contribution in [2.45, 2.75) is 38.8 Å². The zero-order chi connectivity index (χ0) is 21.0. The fraction of sp³-hybridized carbons (Fsp3) is 0.474. The van der Waals surface area contributed by atoms with Crippen molar-refractivity contribution in [1.29, 1.82) is 0 Å². The van der Waals surface area contributed by atoms with Crippen molar-refractivity contribution < 1.29 is 22.7 Å². The minimum Gasteiger partial charge on any atom is -0.452 e. The first-order valence-electron chi connectivity index (χ1n) is 9.44. The molecule has 0 N–H and O–H groups in total. The van der Waals surface area contributed by atoms with E-state index in [2.05, 4.69) is 10.1 Å². The monoisotopic (exact) mass is 420 g/mol. The summed E-state index contributed by atoms with van der Waals surface area (Å²) in [6.45, 7) is 3.37. The Morgan fingerprint density at radius 3 is 2.59 bits per heavy atom. The van der Waals surface area contributed by atoms with Crippen LogP contribution in [0.2, 0.25) is 0 Å². The smallest absolute Gasteiger partial charge is 0.338 e. The van der Waals surface area contributed by atoms with E-state index in [0.717, 1.165) is 5.69 Å². The van der Waals surface area contributed by atoms with Crippen molar-refractivity contribution in [3.05, 3.63) is 42.5 Å². The SMILES string of the molecule is CC[C@@H](C)N(C(=O)COC(=O)c1ccc(-n2cncn2)cc1)[C@H]1CCS(=O)(=O)C1. The molecule has 0 spiro atoms. The maximum atomic E-state index is 12.7. The van der Waals surface area contributed by atoms with E-state index < -0.39 is 22.4 Å². The first-order chi connectivity index (χ1) is 13.8. The van der Waals surface area contributed by atoms with Crippen LogP contribution in [0, 0.1) is 0 Å².